The first-order chi connectivity index (χ1) is 14.9. The quantitative estimate of drug-likeness (QED) is 0.487. The van der Waals surface area contributed by atoms with E-state index in [2.05, 4.69) is 20.6 Å². The van der Waals surface area contributed by atoms with E-state index in [-0.39, 0.29) is 11.5 Å². The summed E-state index contributed by atoms with van der Waals surface area (Å²) in [6.07, 6.45) is 1.43. The number of H-pyrrole nitrogens is 1. The van der Waals surface area contributed by atoms with Crippen molar-refractivity contribution >= 4 is 23.2 Å². The van der Waals surface area contributed by atoms with Crippen LogP contribution in [-0.2, 0) is 0 Å². The third kappa shape index (κ3) is 4.49. The van der Waals surface area contributed by atoms with Crippen LogP contribution in [0, 0.1) is 13.8 Å². The molecule has 2 aromatic carbocycles. The van der Waals surface area contributed by atoms with Crippen molar-refractivity contribution in [1.29, 1.82) is 0 Å². The van der Waals surface area contributed by atoms with Crippen LogP contribution in [0.4, 0.5) is 5.69 Å². The summed E-state index contributed by atoms with van der Waals surface area (Å²) < 4.78 is 7.40. The SMILES string of the molecule is Cc1ccc(Oc2ccc(Cl)cc2NC(=O)c2cnn(-c3ccc(=O)[nH]n3)c2C)cc1. The minimum atomic E-state index is -0.385. The summed E-state index contributed by atoms with van der Waals surface area (Å²) in [5.74, 6) is 1.09. The zero-order valence-electron chi connectivity index (χ0n) is 16.7. The van der Waals surface area contributed by atoms with E-state index in [1.54, 1.807) is 25.1 Å². The Morgan fingerprint density at radius 2 is 1.87 bits per heavy atom. The molecule has 0 unspecified atom stereocenters. The second-order valence-corrected chi connectivity index (χ2v) is 7.28. The highest BCUT2D eigenvalue weighted by atomic mass is 35.5. The van der Waals surface area contributed by atoms with Gasteiger partial charge in [-0.15, -0.1) is 0 Å². The molecule has 4 rings (SSSR count). The lowest BCUT2D eigenvalue weighted by Gasteiger charge is -2.13. The highest BCUT2D eigenvalue weighted by Crippen LogP contribution is 2.32. The lowest BCUT2D eigenvalue weighted by atomic mass is 10.2. The van der Waals surface area contributed by atoms with E-state index in [9.17, 15) is 9.59 Å². The third-order valence-electron chi connectivity index (χ3n) is 4.57. The molecule has 0 saturated heterocycles. The summed E-state index contributed by atoms with van der Waals surface area (Å²) in [5, 5.41) is 13.8. The molecule has 156 valence electrons. The van der Waals surface area contributed by atoms with Crippen molar-refractivity contribution in [2.24, 2.45) is 0 Å². The van der Waals surface area contributed by atoms with E-state index in [1.807, 2.05) is 31.2 Å². The van der Waals surface area contributed by atoms with Crippen molar-refractivity contribution < 1.29 is 9.53 Å². The van der Waals surface area contributed by atoms with E-state index in [4.69, 9.17) is 16.3 Å². The van der Waals surface area contributed by atoms with Crippen LogP contribution in [0.1, 0.15) is 21.6 Å². The molecule has 0 saturated carbocycles. The molecule has 2 N–H and O–H groups in total. The van der Waals surface area contributed by atoms with Gasteiger partial charge in [0.15, 0.2) is 11.6 Å². The summed E-state index contributed by atoms with van der Waals surface area (Å²) in [6, 6.07) is 15.4. The van der Waals surface area contributed by atoms with Crippen molar-refractivity contribution in [3.63, 3.8) is 0 Å². The number of aryl methyl sites for hydroxylation is 1. The molecular weight excluding hydrogens is 418 g/mol. The number of rotatable bonds is 5. The van der Waals surface area contributed by atoms with Gasteiger partial charge in [-0.05, 0) is 50.2 Å². The summed E-state index contributed by atoms with van der Waals surface area (Å²) in [7, 11) is 0. The smallest absolute Gasteiger partial charge is 0.264 e. The van der Waals surface area contributed by atoms with Crippen LogP contribution in [0.25, 0.3) is 5.82 Å². The molecule has 0 aliphatic heterocycles. The molecule has 8 nitrogen and oxygen atoms in total. The van der Waals surface area contributed by atoms with Crippen molar-refractivity contribution in [3.8, 4) is 17.3 Å². The van der Waals surface area contributed by atoms with Gasteiger partial charge in [-0.2, -0.15) is 10.2 Å². The number of halogens is 1. The van der Waals surface area contributed by atoms with E-state index >= 15 is 0 Å². The van der Waals surface area contributed by atoms with Gasteiger partial charge < -0.3 is 10.1 Å². The Balaban J connectivity index is 1.60. The summed E-state index contributed by atoms with van der Waals surface area (Å²) >= 11 is 6.14. The molecule has 0 fully saturated rings. The van der Waals surface area contributed by atoms with Crippen molar-refractivity contribution in [2.75, 3.05) is 5.32 Å². The number of nitrogens with zero attached hydrogens (tertiary/aromatic N) is 3. The number of carbonyl (C=O) groups excluding carboxylic acids is 1. The largest absolute Gasteiger partial charge is 0.455 e. The predicted molar refractivity (Wildman–Crippen MR) is 117 cm³/mol. The maximum atomic E-state index is 13.0. The van der Waals surface area contributed by atoms with Gasteiger partial charge in [-0.1, -0.05) is 29.3 Å². The van der Waals surface area contributed by atoms with Crippen LogP contribution in [0.15, 0.2) is 65.6 Å². The van der Waals surface area contributed by atoms with Gasteiger partial charge in [0.2, 0.25) is 0 Å². The molecule has 0 radical (unpaired) electrons. The highest BCUT2D eigenvalue weighted by Gasteiger charge is 2.18. The molecule has 0 aliphatic rings. The molecule has 31 heavy (non-hydrogen) atoms. The lowest BCUT2D eigenvalue weighted by molar-refractivity contribution is 0.102. The van der Waals surface area contributed by atoms with Crippen LogP contribution in [-0.4, -0.2) is 25.9 Å². The van der Waals surface area contributed by atoms with E-state index in [0.29, 0.717) is 39.3 Å². The zero-order valence-corrected chi connectivity index (χ0v) is 17.5. The van der Waals surface area contributed by atoms with Gasteiger partial charge >= 0.3 is 0 Å². The average molecular weight is 436 g/mol. The summed E-state index contributed by atoms with van der Waals surface area (Å²) in [4.78, 5) is 24.2. The zero-order chi connectivity index (χ0) is 22.0. The Labute approximate surface area is 182 Å². The summed E-state index contributed by atoms with van der Waals surface area (Å²) in [6.45, 7) is 3.72. The summed E-state index contributed by atoms with van der Waals surface area (Å²) in [5.41, 5.74) is 2.11. The molecule has 2 heterocycles. The molecular formula is C22H18ClN5O3. The second-order valence-electron chi connectivity index (χ2n) is 6.84. The minimum Gasteiger partial charge on any atom is -0.455 e. The number of benzene rings is 2. The fourth-order valence-corrected chi connectivity index (χ4v) is 3.10. The van der Waals surface area contributed by atoms with Crippen molar-refractivity contribution in [2.45, 2.75) is 13.8 Å². The standard InChI is InChI=1S/C22H18ClN5O3/c1-13-3-6-16(7-4-13)31-19-8-5-15(23)11-18(19)25-22(30)17-12-24-28(14(17)2)20-9-10-21(29)27-26-20/h3-12H,1-2H3,(H,25,30)(H,27,29). The first kappa shape index (κ1) is 20.4. The van der Waals surface area contributed by atoms with Crippen LogP contribution in [0.5, 0.6) is 11.5 Å². The lowest BCUT2D eigenvalue weighted by Crippen LogP contribution is -2.14. The van der Waals surface area contributed by atoms with Crippen LogP contribution in [0.2, 0.25) is 5.02 Å². The fraction of sp³-hybridized carbons (Fsp3) is 0.0909. The van der Waals surface area contributed by atoms with Crippen LogP contribution >= 0.6 is 11.6 Å². The number of hydrogen-bond acceptors (Lipinski definition) is 5. The Morgan fingerprint density at radius 3 is 2.58 bits per heavy atom. The van der Waals surface area contributed by atoms with Gasteiger partial charge in [0, 0.05) is 11.1 Å². The first-order valence-electron chi connectivity index (χ1n) is 9.37. The average Bonchev–Trinajstić information content (AvgIpc) is 3.13. The number of aromatic nitrogens is 4. The van der Waals surface area contributed by atoms with E-state index in [0.717, 1.165) is 5.56 Å². The second kappa shape index (κ2) is 8.45. The van der Waals surface area contributed by atoms with Crippen LogP contribution in [0.3, 0.4) is 0 Å². The fourth-order valence-electron chi connectivity index (χ4n) is 2.93. The first-order valence-corrected chi connectivity index (χ1v) is 9.74. The maximum Gasteiger partial charge on any atom is 0.264 e. The van der Waals surface area contributed by atoms with Crippen molar-refractivity contribution in [1.82, 2.24) is 20.0 Å². The van der Waals surface area contributed by atoms with Gasteiger partial charge in [-0.25, -0.2) is 9.78 Å². The minimum absolute atomic E-state index is 0.325. The number of amides is 1. The molecule has 0 aliphatic carbocycles. The molecule has 0 atom stereocenters. The maximum absolute atomic E-state index is 13.0. The molecule has 0 spiro atoms. The van der Waals surface area contributed by atoms with E-state index in [1.165, 1.54) is 23.0 Å². The Hall–Kier alpha value is -3.91. The Bertz CT molecular complexity index is 1290. The normalized spacial score (nSPS) is 10.7. The Morgan fingerprint density at radius 1 is 1.10 bits per heavy atom. The number of hydrogen-bond donors (Lipinski definition) is 2. The topological polar surface area (TPSA) is 102 Å². The third-order valence-corrected chi connectivity index (χ3v) is 4.81. The molecule has 4 aromatic rings. The molecule has 2 aromatic heterocycles. The number of aromatic amines is 1. The van der Waals surface area contributed by atoms with Gasteiger partial charge in [-0.3, -0.25) is 9.59 Å². The van der Waals surface area contributed by atoms with Gasteiger partial charge in [0.25, 0.3) is 11.5 Å². The van der Waals surface area contributed by atoms with E-state index < -0.39 is 0 Å². The molecule has 1 amide bonds. The number of ether oxygens (including phenoxy) is 1. The predicted octanol–water partition coefficient (Wildman–Crippen LogP) is 4.27. The molecule has 0 bridgehead atoms. The number of anilines is 1. The number of carbonyl (C=O) groups is 1. The van der Waals surface area contributed by atoms with Crippen molar-refractivity contribution in [3.05, 3.63) is 93.0 Å². The Kier molecular flexibility index (Phi) is 5.55. The van der Waals surface area contributed by atoms with Gasteiger partial charge in [0.1, 0.15) is 5.75 Å². The monoisotopic (exact) mass is 435 g/mol. The van der Waals surface area contributed by atoms with Gasteiger partial charge in [0.05, 0.1) is 23.1 Å². The van der Waals surface area contributed by atoms with Crippen LogP contribution < -0.4 is 15.6 Å². The highest BCUT2D eigenvalue weighted by molar-refractivity contribution is 6.31. The molecule has 9 heteroatoms. The number of nitrogens with one attached hydrogen (secondary N) is 2.